The summed E-state index contributed by atoms with van der Waals surface area (Å²) in [6.45, 7) is 4.19. The number of rotatable bonds is 4. The van der Waals surface area contributed by atoms with Gasteiger partial charge in [-0.2, -0.15) is 0 Å². The van der Waals surface area contributed by atoms with E-state index >= 15 is 0 Å². The van der Waals surface area contributed by atoms with Crippen molar-refractivity contribution < 1.29 is 14.4 Å². The fraction of sp³-hybridized carbons (Fsp3) is 0.346. The van der Waals surface area contributed by atoms with Crippen LogP contribution in [-0.4, -0.2) is 24.6 Å². The Morgan fingerprint density at radius 3 is 2.44 bits per heavy atom. The fourth-order valence-corrected chi connectivity index (χ4v) is 4.68. The highest BCUT2D eigenvalue weighted by Crippen LogP contribution is 2.48. The lowest BCUT2D eigenvalue weighted by atomic mass is 9.73. The van der Waals surface area contributed by atoms with E-state index in [4.69, 9.17) is 0 Å². The summed E-state index contributed by atoms with van der Waals surface area (Å²) in [4.78, 5) is 40.7. The maximum Gasteiger partial charge on any atom is 0.228 e. The van der Waals surface area contributed by atoms with E-state index in [0.29, 0.717) is 24.1 Å². The Morgan fingerprint density at radius 1 is 1.03 bits per heavy atom. The summed E-state index contributed by atoms with van der Waals surface area (Å²) in [6.07, 6.45) is 1.29. The number of allylic oxidation sites excluding steroid dienone is 1. The van der Waals surface area contributed by atoms with Crippen LogP contribution in [0.2, 0.25) is 0 Å². The fourth-order valence-electron chi connectivity index (χ4n) is 4.68. The zero-order valence-corrected chi connectivity index (χ0v) is 18.8. The molecule has 32 heavy (non-hydrogen) atoms. The Morgan fingerprint density at radius 2 is 1.72 bits per heavy atom. The number of amides is 2. The average molecular weight is 432 g/mol. The highest BCUT2D eigenvalue weighted by molar-refractivity contribution is 6.06. The number of fused-ring (bicyclic) bond motifs is 1. The van der Waals surface area contributed by atoms with Crippen molar-refractivity contribution in [3.8, 4) is 0 Å². The Bertz CT molecular complexity index is 1090. The van der Waals surface area contributed by atoms with Crippen LogP contribution in [0, 0.1) is 5.41 Å². The van der Waals surface area contributed by atoms with Gasteiger partial charge >= 0.3 is 0 Å². The van der Waals surface area contributed by atoms with Crippen LogP contribution in [0.1, 0.15) is 51.1 Å². The summed E-state index contributed by atoms with van der Waals surface area (Å²) < 4.78 is 0. The van der Waals surface area contributed by atoms with Crippen molar-refractivity contribution in [1.29, 1.82) is 0 Å². The third kappa shape index (κ3) is 4.17. The van der Waals surface area contributed by atoms with Crippen LogP contribution in [0.25, 0.3) is 0 Å². The molecule has 6 heteroatoms. The smallest absolute Gasteiger partial charge is 0.228 e. The number of nitrogens with zero attached hydrogens (tertiary/aromatic N) is 1. The van der Waals surface area contributed by atoms with Gasteiger partial charge in [-0.25, -0.2) is 0 Å². The maximum absolute atomic E-state index is 13.6. The first-order chi connectivity index (χ1) is 15.3. The first kappa shape index (κ1) is 21.8. The molecule has 0 bridgehead atoms. The summed E-state index contributed by atoms with van der Waals surface area (Å²) in [5.41, 5.74) is 3.71. The lowest BCUT2D eigenvalue weighted by Crippen LogP contribution is -2.39. The van der Waals surface area contributed by atoms with Gasteiger partial charge in [-0.05, 0) is 29.5 Å². The molecule has 0 saturated heterocycles. The number of hydrogen-bond donors (Lipinski definition) is 2. The molecule has 2 N–H and O–H groups in total. The lowest BCUT2D eigenvalue weighted by molar-refractivity contribution is -0.125. The van der Waals surface area contributed by atoms with E-state index in [-0.39, 0.29) is 35.9 Å². The summed E-state index contributed by atoms with van der Waals surface area (Å²) >= 11 is 0. The molecule has 1 aliphatic carbocycles. The van der Waals surface area contributed by atoms with E-state index in [2.05, 4.69) is 24.5 Å². The van der Waals surface area contributed by atoms with Gasteiger partial charge in [-0.15, -0.1) is 0 Å². The molecule has 4 rings (SSSR count). The van der Waals surface area contributed by atoms with Crippen LogP contribution in [0.3, 0.4) is 0 Å². The first-order valence-corrected chi connectivity index (χ1v) is 11.0. The molecule has 2 aromatic carbocycles. The van der Waals surface area contributed by atoms with Crippen LogP contribution in [-0.2, 0) is 14.4 Å². The van der Waals surface area contributed by atoms with Gasteiger partial charge in [-0.1, -0.05) is 56.3 Å². The van der Waals surface area contributed by atoms with Crippen LogP contribution in [0.4, 0.5) is 11.4 Å². The Labute approximate surface area is 188 Å². The molecule has 2 amide bonds. The number of para-hydroxylation sites is 2. The highest BCUT2D eigenvalue weighted by atomic mass is 16.2. The van der Waals surface area contributed by atoms with E-state index in [0.717, 1.165) is 16.9 Å². The van der Waals surface area contributed by atoms with Gasteiger partial charge in [0.25, 0.3) is 0 Å². The largest absolute Gasteiger partial charge is 0.359 e. The molecule has 0 radical (unpaired) electrons. The molecule has 1 heterocycles. The molecule has 0 aromatic heterocycles. The number of hydrogen-bond acceptors (Lipinski definition) is 4. The molecule has 0 saturated carbocycles. The standard InChI is InChI=1S/C26H29N3O3/c1-26(2)15-19-24(21(30)16-26)25(17-9-5-4-6-10-17)29(23(32)14-13-22(31)27-3)20-12-8-7-11-18(20)28-19/h4-12,25,28H,13-16H2,1-3H3,(H,27,31). The minimum absolute atomic E-state index is 0.0505. The third-order valence-corrected chi connectivity index (χ3v) is 6.13. The Kier molecular flexibility index (Phi) is 5.87. The van der Waals surface area contributed by atoms with Crippen molar-refractivity contribution in [1.82, 2.24) is 5.32 Å². The number of carbonyl (C=O) groups is 3. The van der Waals surface area contributed by atoms with Gasteiger partial charge in [0.05, 0.1) is 17.4 Å². The number of anilines is 2. The second-order valence-electron chi connectivity index (χ2n) is 9.23. The Balaban J connectivity index is 1.91. The first-order valence-electron chi connectivity index (χ1n) is 11.0. The van der Waals surface area contributed by atoms with Crippen LogP contribution in [0.15, 0.2) is 65.9 Å². The van der Waals surface area contributed by atoms with E-state index in [1.807, 2.05) is 54.6 Å². The molecular weight excluding hydrogens is 402 g/mol. The Hall–Kier alpha value is -3.41. The summed E-state index contributed by atoms with van der Waals surface area (Å²) in [6, 6.07) is 16.7. The predicted molar refractivity (Wildman–Crippen MR) is 125 cm³/mol. The van der Waals surface area contributed by atoms with Crippen molar-refractivity contribution in [3.63, 3.8) is 0 Å². The van der Waals surface area contributed by atoms with E-state index in [9.17, 15) is 14.4 Å². The number of nitrogens with one attached hydrogen (secondary N) is 2. The number of benzene rings is 2. The quantitative estimate of drug-likeness (QED) is 0.754. The number of Topliss-reactive ketones (excluding diaryl/α,β-unsaturated/α-hetero) is 1. The van der Waals surface area contributed by atoms with Gasteiger partial charge in [0, 0.05) is 37.6 Å². The van der Waals surface area contributed by atoms with Crippen LogP contribution >= 0.6 is 0 Å². The molecule has 1 unspecified atom stereocenters. The molecule has 0 fully saturated rings. The summed E-state index contributed by atoms with van der Waals surface area (Å²) in [5, 5.41) is 6.07. The van der Waals surface area contributed by atoms with Crippen molar-refractivity contribution in [2.24, 2.45) is 5.41 Å². The summed E-state index contributed by atoms with van der Waals surface area (Å²) in [7, 11) is 1.56. The molecular formula is C26H29N3O3. The van der Waals surface area contributed by atoms with Crippen molar-refractivity contribution in [3.05, 3.63) is 71.4 Å². The van der Waals surface area contributed by atoms with Gasteiger partial charge in [0.1, 0.15) is 0 Å². The normalized spacial score (nSPS) is 19.4. The predicted octanol–water partition coefficient (Wildman–Crippen LogP) is 4.36. The summed E-state index contributed by atoms with van der Waals surface area (Å²) in [5.74, 6) is -0.330. The molecule has 166 valence electrons. The maximum atomic E-state index is 13.6. The monoisotopic (exact) mass is 431 g/mol. The van der Waals surface area contributed by atoms with Gasteiger partial charge < -0.3 is 10.6 Å². The third-order valence-electron chi connectivity index (χ3n) is 6.13. The zero-order chi connectivity index (χ0) is 22.9. The molecule has 6 nitrogen and oxygen atoms in total. The molecule has 2 aliphatic rings. The van der Waals surface area contributed by atoms with Crippen molar-refractivity contribution in [2.45, 2.75) is 45.6 Å². The number of carbonyl (C=O) groups excluding carboxylic acids is 3. The average Bonchev–Trinajstić information content (AvgIpc) is 2.91. The second kappa shape index (κ2) is 8.61. The topological polar surface area (TPSA) is 78.5 Å². The van der Waals surface area contributed by atoms with E-state index in [1.54, 1.807) is 11.9 Å². The number of ketones is 1. The molecule has 2 aromatic rings. The van der Waals surface area contributed by atoms with Crippen LogP contribution in [0.5, 0.6) is 0 Å². The molecule has 1 aliphatic heterocycles. The van der Waals surface area contributed by atoms with Crippen LogP contribution < -0.4 is 15.5 Å². The zero-order valence-electron chi connectivity index (χ0n) is 18.8. The van der Waals surface area contributed by atoms with Gasteiger partial charge in [0.15, 0.2) is 5.78 Å². The van der Waals surface area contributed by atoms with E-state index < -0.39 is 6.04 Å². The minimum atomic E-state index is -0.553. The van der Waals surface area contributed by atoms with Crippen molar-refractivity contribution in [2.75, 3.05) is 17.3 Å². The van der Waals surface area contributed by atoms with Gasteiger partial charge in [-0.3, -0.25) is 19.3 Å². The van der Waals surface area contributed by atoms with Crippen molar-refractivity contribution >= 4 is 29.0 Å². The second-order valence-corrected chi connectivity index (χ2v) is 9.23. The molecule has 0 spiro atoms. The van der Waals surface area contributed by atoms with E-state index in [1.165, 1.54) is 0 Å². The SMILES string of the molecule is CNC(=O)CCC(=O)N1c2ccccc2NC2=C(C(=O)CC(C)(C)C2)C1c1ccccc1. The van der Waals surface area contributed by atoms with Gasteiger partial charge in [0.2, 0.25) is 11.8 Å². The minimum Gasteiger partial charge on any atom is -0.359 e. The lowest BCUT2D eigenvalue weighted by Gasteiger charge is -2.37. The highest BCUT2D eigenvalue weighted by Gasteiger charge is 2.43. The molecule has 1 atom stereocenters.